The fourth-order valence-electron chi connectivity index (χ4n) is 3.01. The van der Waals surface area contributed by atoms with Gasteiger partial charge in [-0.2, -0.15) is 0 Å². The highest BCUT2D eigenvalue weighted by Crippen LogP contribution is 2.57. The van der Waals surface area contributed by atoms with Gasteiger partial charge in [-0.1, -0.05) is 35.5 Å². The summed E-state index contributed by atoms with van der Waals surface area (Å²) in [5.74, 6) is 0.920. The molecule has 0 radical (unpaired) electrons. The van der Waals surface area contributed by atoms with E-state index >= 15 is 0 Å². The van der Waals surface area contributed by atoms with E-state index in [0.29, 0.717) is 6.04 Å². The third kappa shape index (κ3) is 4.02. The lowest BCUT2D eigenvalue weighted by Gasteiger charge is -2.15. The predicted octanol–water partition coefficient (Wildman–Crippen LogP) is 5.11. The molecule has 0 saturated heterocycles. The molecule has 0 spiro atoms. The Bertz CT molecular complexity index is 684. The van der Waals surface area contributed by atoms with Crippen LogP contribution in [-0.2, 0) is 0 Å². The zero-order valence-corrected chi connectivity index (χ0v) is 15.5. The molecule has 1 fully saturated rings. The van der Waals surface area contributed by atoms with Gasteiger partial charge in [-0.15, -0.1) is 0 Å². The molecule has 3 nitrogen and oxygen atoms in total. The summed E-state index contributed by atoms with van der Waals surface area (Å²) in [7, 11) is 0. The second-order valence-corrected chi connectivity index (χ2v) is 6.82. The number of aliphatic imine (C=N–C) groups is 1. The number of nitrogens with one attached hydrogen (secondary N) is 2. The molecule has 2 aliphatic rings. The van der Waals surface area contributed by atoms with E-state index in [1.807, 2.05) is 13.0 Å². The highest BCUT2D eigenvalue weighted by molar-refractivity contribution is 5.99. The lowest BCUT2D eigenvalue weighted by molar-refractivity contribution is 0.659. The maximum absolute atomic E-state index is 7.35. The number of allylic oxidation sites excluding steroid dienone is 9. The van der Waals surface area contributed by atoms with Crippen molar-refractivity contribution in [2.45, 2.75) is 53.5 Å². The number of fused-ring (bicyclic) bond motifs is 1. The van der Waals surface area contributed by atoms with Crippen LogP contribution in [-0.4, -0.2) is 18.0 Å². The van der Waals surface area contributed by atoms with Gasteiger partial charge in [0.15, 0.2) is 0 Å². The van der Waals surface area contributed by atoms with E-state index in [1.165, 1.54) is 17.4 Å². The molecule has 128 valence electrons. The van der Waals surface area contributed by atoms with E-state index in [-0.39, 0.29) is 5.41 Å². The Morgan fingerprint density at radius 1 is 1.42 bits per heavy atom. The molecular formula is C21H29N3. The second kappa shape index (κ2) is 7.61. The minimum Gasteiger partial charge on any atom is -0.368 e. The minimum absolute atomic E-state index is 0.102. The van der Waals surface area contributed by atoms with Crippen molar-refractivity contribution < 1.29 is 0 Å². The summed E-state index contributed by atoms with van der Waals surface area (Å²) in [5.41, 5.74) is 5.08. The maximum atomic E-state index is 7.35. The van der Waals surface area contributed by atoms with Crippen molar-refractivity contribution in [2.75, 3.05) is 0 Å². The number of hydrogen-bond donors (Lipinski definition) is 2. The Kier molecular flexibility index (Phi) is 5.76. The molecule has 0 bridgehead atoms. The molecule has 0 aromatic rings. The van der Waals surface area contributed by atoms with Crippen molar-refractivity contribution in [3.63, 3.8) is 0 Å². The molecule has 2 aliphatic carbocycles. The van der Waals surface area contributed by atoms with E-state index in [9.17, 15) is 0 Å². The smallest absolute Gasteiger partial charge is 0.122 e. The largest absolute Gasteiger partial charge is 0.368 e. The fourth-order valence-corrected chi connectivity index (χ4v) is 3.01. The van der Waals surface area contributed by atoms with E-state index in [4.69, 9.17) is 10.4 Å². The van der Waals surface area contributed by atoms with E-state index in [0.717, 1.165) is 29.9 Å². The van der Waals surface area contributed by atoms with Gasteiger partial charge in [0, 0.05) is 18.0 Å². The molecule has 3 heteroatoms. The van der Waals surface area contributed by atoms with Crippen molar-refractivity contribution in [3.05, 3.63) is 59.0 Å². The first-order valence-electron chi connectivity index (χ1n) is 8.67. The van der Waals surface area contributed by atoms with Gasteiger partial charge in [0.25, 0.3) is 0 Å². The SMILES string of the molecule is C/C=C(C)\C(=C/C=N)C/C=C(\N=C(/C)C12C=CC=C1C2)NC(C)C. The average Bonchev–Trinajstić information content (AvgIpc) is 3.11. The van der Waals surface area contributed by atoms with Crippen LogP contribution in [0.4, 0.5) is 0 Å². The van der Waals surface area contributed by atoms with Gasteiger partial charge >= 0.3 is 0 Å². The standard InChI is InChI=1S/C21H29N3/c1-6-16(4)18(11-13-22)9-10-20(23-15(2)3)24-17(5)21-12-7-8-19(21)14-21/h6-8,10-13,15,22-23H,9,14H2,1-5H3/b16-6-,18-11-,20-10-,22-13?,24-17+. The maximum Gasteiger partial charge on any atom is 0.122 e. The number of nitrogens with zero attached hydrogens (tertiary/aromatic N) is 1. The van der Waals surface area contributed by atoms with Gasteiger partial charge in [-0.3, -0.25) is 0 Å². The minimum atomic E-state index is 0.102. The summed E-state index contributed by atoms with van der Waals surface area (Å²) >= 11 is 0. The van der Waals surface area contributed by atoms with Crippen molar-refractivity contribution in [3.8, 4) is 0 Å². The third-order valence-electron chi connectivity index (χ3n) is 4.71. The zero-order valence-electron chi connectivity index (χ0n) is 15.5. The molecule has 2 N–H and O–H groups in total. The molecule has 0 heterocycles. The van der Waals surface area contributed by atoms with Gasteiger partial charge in [0.1, 0.15) is 5.82 Å². The van der Waals surface area contributed by atoms with Crippen molar-refractivity contribution in [1.82, 2.24) is 5.32 Å². The Morgan fingerprint density at radius 3 is 2.67 bits per heavy atom. The van der Waals surface area contributed by atoms with Crippen LogP contribution in [0.1, 0.15) is 47.5 Å². The van der Waals surface area contributed by atoms with Crippen LogP contribution >= 0.6 is 0 Å². The molecule has 24 heavy (non-hydrogen) atoms. The van der Waals surface area contributed by atoms with Crippen LogP contribution in [0.2, 0.25) is 0 Å². The van der Waals surface area contributed by atoms with E-state index in [2.05, 4.69) is 63.4 Å². The van der Waals surface area contributed by atoms with Crippen molar-refractivity contribution in [1.29, 1.82) is 5.41 Å². The highest BCUT2D eigenvalue weighted by Gasteiger charge is 2.50. The monoisotopic (exact) mass is 323 g/mol. The van der Waals surface area contributed by atoms with Gasteiger partial charge < -0.3 is 10.7 Å². The summed E-state index contributed by atoms with van der Waals surface area (Å²) in [6.45, 7) is 10.5. The number of rotatable bonds is 8. The highest BCUT2D eigenvalue weighted by atomic mass is 15.1. The summed E-state index contributed by atoms with van der Waals surface area (Å²) in [5, 5.41) is 10.8. The summed E-state index contributed by atoms with van der Waals surface area (Å²) in [4.78, 5) is 4.90. The Hall–Kier alpha value is -2.16. The summed E-state index contributed by atoms with van der Waals surface area (Å²) in [6.07, 6.45) is 15.9. The van der Waals surface area contributed by atoms with Gasteiger partial charge in [0.2, 0.25) is 0 Å². The molecule has 0 aromatic heterocycles. The predicted molar refractivity (Wildman–Crippen MR) is 105 cm³/mol. The van der Waals surface area contributed by atoms with Gasteiger partial charge in [0.05, 0.1) is 5.41 Å². The second-order valence-electron chi connectivity index (χ2n) is 6.82. The van der Waals surface area contributed by atoms with Crippen LogP contribution in [0.15, 0.2) is 64.0 Å². The van der Waals surface area contributed by atoms with Crippen LogP contribution in [0, 0.1) is 10.8 Å². The van der Waals surface area contributed by atoms with Crippen LogP contribution < -0.4 is 5.32 Å². The molecule has 0 amide bonds. The first kappa shape index (κ1) is 18.2. The lowest BCUT2D eigenvalue weighted by Crippen LogP contribution is -2.22. The molecule has 0 aromatic carbocycles. The summed E-state index contributed by atoms with van der Waals surface area (Å²) < 4.78 is 0. The Labute approximate surface area is 146 Å². The molecule has 1 atom stereocenters. The molecule has 1 saturated carbocycles. The van der Waals surface area contributed by atoms with Crippen LogP contribution in [0.5, 0.6) is 0 Å². The Balaban J connectivity index is 2.22. The normalized spacial score (nSPS) is 24.2. The average molecular weight is 323 g/mol. The summed E-state index contributed by atoms with van der Waals surface area (Å²) in [6, 6.07) is 0.330. The first-order valence-corrected chi connectivity index (χ1v) is 8.67. The Morgan fingerprint density at radius 2 is 2.17 bits per heavy atom. The molecule has 1 unspecified atom stereocenters. The quantitative estimate of drug-likeness (QED) is 0.473. The fraction of sp³-hybridized carbons (Fsp3) is 0.429. The zero-order chi connectivity index (χ0) is 17.7. The first-order chi connectivity index (χ1) is 11.4. The molecular weight excluding hydrogens is 294 g/mol. The number of hydrogen-bond acceptors (Lipinski definition) is 3. The van der Waals surface area contributed by atoms with Crippen molar-refractivity contribution in [2.24, 2.45) is 10.4 Å². The molecule has 2 rings (SSSR count). The van der Waals surface area contributed by atoms with Gasteiger partial charge in [-0.25, -0.2) is 4.99 Å². The third-order valence-corrected chi connectivity index (χ3v) is 4.71. The molecule has 0 aliphatic heterocycles. The van der Waals surface area contributed by atoms with Crippen molar-refractivity contribution >= 4 is 11.9 Å². The van der Waals surface area contributed by atoms with E-state index < -0.39 is 0 Å². The topological polar surface area (TPSA) is 48.2 Å². The van der Waals surface area contributed by atoms with Gasteiger partial charge in [-0.05, 0) is 65.2 Å². The van der Waals surface area contributed by atoms with Crippen LogP contribution in [0.3, 0.4) is 0 Å². The van der Waals surface area contributed by atoms with Crippen LogP contribution in [0.25, 0.3) is 0 Å². The lowest BCUT2D eigenvalue weighted by atomic mass is 10.0. The van der Waals surface area contributed by atoms with E-state index in [1.54, 1.807) is 0 Å².